The van der Waals surface area contributed by atoms with Crippen molar-refractivity contribution in [1.29, 1.82) is 0 Å². The Hall–Kier alpha value is -2.45. The van der Waals surface area contributed by atoms with Crippen molar-refractivity contribution in [2.45, 2.75) is 51.4 Å². The molecule has 0 bridgehead atoms. The van der Waals surface area contributed by atoms with Crippen LogP contribution in [0.3, 0.4) is 0 Å². The summed E-state index contributed by atoms with van der Waals surface area (Å²) >= 11 is 12.4. The zero-order valence-corrected chi connectivity index (χ0v) is 27.9. The maximum atomic E-state index is 14.2. The molecular formula is C36H47Cl2N5O. The molecule has 3 atom stereocenters. The molecule has 1 unspecified atom stereocenters. The minimum Gasteiger partial charge on any atom is -0.339 e. The number of carbonyl (C=O) groups excluding carboxylic acids is 1. The van der Waals surface area contributed by atoms with Gasteiger partial charge in [-0.2, -0.15) is 0 Å². The molecule has 1 fully saturated rings. The second-order valence-electron chi connectivity index (χ2n) is 12.2. The van der Waals surface area contributed by atoms with Gasteiger partial charge in [0.05, 0.1) is 6.04 Å². The van der Waals surface area contributed by atoms with Crippen LogP contribution in [0.4, 0.5) is 0 Å². The average Bonchev–Trinajstić information content (AvgIpc) is 3.05. The Morgan fingerprint density at radius 2 is 1.50 bits per heavy atom. The van der Waals surface area contributed by atoms with Crippen molar-refractivity contribution in [2.24, 2.45) is 0 Å². The van der Waals surface area contributed by atoms with E-state index in [0.29, 0.717) is 17.5 Å². The lowest BCUT2D eigenvalue weighted by atomic mass is 9.94. The van der Waals surface area contributed by atoms with Crippen LogP contribution in [0.1, 0.15) is 42.1 Å². The van der Waals surface area contributed by atoms with Crippen LogP contribution in [0.15, 0.2) is 72.8 Å². The number of piperazine rings is 1. The Labute approximate surface area is 273 Å². The number of fused-ring (bicyclic) bond motifs is 1. The van der Waals surface area contributed by atoms with Crippen LogP contribution in [-0.2, 0) is 24.2 Å². The van der Waals surface area contributed by atoms with Crippen LogP contribution in [0.25, 0.3) is 0 Å². The van der Waals surface area contributed by atoms with Crippen molar-refractivity contribution in [2.75, 3.05) is 59.4 Å². The van der Waals surface area contributed by atoms with Gasteiger partial charge in [0.2, 0.25) is 5.91 Å². The minimum absolute atomic E-state index is 0.185. The molecule has 8 heteroatoms. The van der Waals surface area contributed by atoms with E-state index in [2.05, 4.69) is 82.2 Å². The lowest BCUT2D eigenvalue weighted by Crippen LogP contribution is -2.57. The van der Waals surface area contributed by atoms with E-state index >= 15 is 0 Å². The van der Waals surface area contributed by atoms with E-state index in [1.165, 1.54) is 16.7 Å². The molecule has 2 heterocycles. The van der Waals surface area contributed by atoms with Gasteiger partial charge >= 0.3 is 0 Å². The number of halogens is 2. The van der Waals surface area contributed by atoms with Gasteiger partial charge in [-0.25, -0.2) is 0 Å². The Bertz CT molecular complexity index is 1340. The Morgan fingerprint density at radius 3 is 2.14 bits per heavy atom. The van der Waals surface area contributed by atoms with Crippen molar-refractivity contribution >= 4 is 29.1 Å². The summed E-state index contributed by atoms with van der Waals surface area (Å²) in [4.78, 5) is 23.7. The quantitative estimate of drug-likeness (QED) is 0.273. The monoisotopic (exact) mass is 635 g/mol. The van der Waals surface area contributed by atoms with Crippen LogP contribution in [0.5, 0.6) is 0 Å². The van der Waals surface area contributed by atoms with E-state index in [-0.39, 0.29) is 18.0 Å². The number of hydrogen-bond donors (Lipinski definition) is 1. The Balaban J connectivity index is 1.27. The Kier molecular flexibility index (Phi) is 11.8. The molecule has 0 spiro atoms. The largest absolute Gasteiger partial charge is 0.339 e. The van der Waals surface area contributed by atoms with Crippen LogP contribution >= 0.6 is 23.2 Å². The molecule has 2 aliphatic heterocycles. The highest BCUT2D eigenvalue weighted by atomic mass is 35.5. The normalized spacial score (nSPS) is 19.1. The molecular weight excluding hydrogens is 589 g/mol. The number of nitrogens with one attached hydrogen (secondary N) is 1. The maximum Gasteiger partial charge on any atom is 0.240 e. The van der Waals surface area contributed by atoms with Crippen molar-refractivity contribution in [3.05, 3.63) is 105 Å². The summed E-state index contributed by atoms with van der Waals surface area (Å²) in [5.41, 5.74) is 5.20. The Morgan fingerprint density at radius 1 is 0.886 bits per heavy atom. The summed E-state index contributed by atoms with van der Waals surface area (Å²) in [5, 5.41) is 5.19. The van der Waals surface area contributed by atoms with Gasteiger partial charge in [0.1, 0.15) is 0 Å². The molecule has 3 aromatic carbocycles. The van der Waals surface area contributed by atoms with Crippen LogP contribution in [0.2, 0.25) is 10.0 Å². The summed E-state index contributed by atoms with van der Waals surface area (Å²) in [6.07, 6.45) is 1.62. The van der Waals surface area contributed by atoms with E-state index < -0.39 is 0 Å². The maximum absolute atomic E-state index is 14.2. The highest BCUT2D eigenvalue weighted by Crippen LogP contribution is 2.26. The number of likely N-dealkylation sites (N-methyl/N-ethyl adjacent to an activating group) is 2. The molecule has 2 aliphatic rings. The summed E-state index contributed by atoms with van der Waals surface area (Å²) in [6, 6.07) is 25.2. The zero-order valence-electron chi connectivity index (χ0n) is 26.4. The fraction of sp³-hybridized carbons (Fsp3) is 0.472. The van der Waals surface area contributed by atoms with Gasteiger partial charge in [0.25, 0.3) is 0 Å². The summed E-state index contributed by atoms with van der Waals surface area (Å²) in [6.45, 7) is 12.2. The van der Waals surface area contributed by atoms with Crippen molar-refractivity contribution in [1.82, 2.24) is 24.9 Å². The van der Waals surface area contributed by atoms with E-state index in [9.17, 15) is 4.79 Å². The summed E-state index contributed by atoms with van der Waals surface area (Å²) in [5.74, 6) is 0.185. The lowest BCUT2D eigenvalue weighted by molar-refractivity contribution is -0.135. The highest BCUT2D eigenvalue weighted by Gasteiger charge is 2.32. The van der Waals surface area contributed by atoms with Gasteiger partial charge in [-0.3, -0.25) is 14.6 Å². The first kappa shape index (κ1) is 32.9. The van der Waals surface area contributed by atoms with Crippen molar-refractivity contribution in [3.8, 4) is 0 Å². The fourth-order valence-electron chi connectivity index (χ4n) is 6.65. The standard InChI is InChI=1S/C36H47Cl2N5O/c1-4-41(5-2)26-35(28-12-16-32(38)17-13-28)42-18-20-43(21-19-42)36(44)34(22-27-10-14-31(37)15-11-27)39-24-33-23-29-8-6-7-9-30(29)25-40(33)3/h6-17,33-35,39H,4-5,18-26H2,1-3H3/t33-,34-,35?/m1/s1. The van der Waals surface area contributed by atoms with E-state index in [1.54, 1.807) is 0 Å². The SMILES string of the molecule is CCN(CC)CC(c1ccc(Cl)cc1)N1CCN(C(=O)[C@@H](Cc2ccc(Cl)cc2)NC[C@H]2Cc3ccccc3CN2C)CC1. The topological polar surface area (TPSA) is 42.1 Å². The predicted molar refractivity (Wildman–Crippen MR) is 182 cm³/mol. The van der Waals surface area contributed by atoms with Crippen molar-refractivity contribution < 1.29 is 4.79 Å². The van der Waals surface area contributed by atoms with Gasteiger partial charge in [-0.05, 0) is 79.5 Å². The van der Waals surface area contributed by atoms with Crippen LogP contribution in [-0.4, -0.2) is 97.0 Å². The minimum atomic E-state index is -0.295. The highest BCUT2D eigenvalue weighted by molar-refractivity contribution is 6.30. The van der Waals surface area contributed by atoms with Gasteiger partial charge in [-0.1, -0.05) is 85.6 Å². The van der Waals surface area contributed by atoms with Gasteiger partial charge in [-0.15, -0.1) is 0 Å². The molecule has 0 aromatic heterocycles. The number of nitrogens with zero attached hydrogens (tertiary/aromatic N) is 4. The predicted octanol–water partition coefficient (Wildman–Crippen LogP) is 5.78. The molecule has 6 nitrogen and oxygen atoms in total. The number of benzene rings is 3. The third-order valence-corrected chi connectivity index (χ3v) is 10.0. The molecule has 5 rings (SSSR count). The molecule has 1 amide bonds. The van der Waals surface area contributed by atoms with Gasteiger partial charge in [0.15, 0.2) is 0 Å². The molecule has 44 heavy (non-hydrogen) atoms. The molecule has 1 N–H and O–H groups in total. The molecule has 3 aromatic rings. The first-order valence-electron chi connectivity index (χ1n) is 16.1. The molecule has 1 saturated heterocycles. The third kappa shape index (κ3) is 8.42. The van der Waals surface area contributed by atoms with E-state index in [0.717, 1.165) is 75.9 Å². The molecule has 0 radical (unpaired) electrons. The first-order chi connectivity index (χ1) is 21.3. The van der Waals surface area contributed by atoms with E-state index in [1.807, 2.05) is 36.4 Å². The number of amides is 1. The third-order valence-electron chi connectivity index (χ3n) is 9.52. The molecule has 0 aliphatic carbocycles. The number of carbonyl (C=O) groups is 1. The van der Waals surface area contributed by atoms with Gasteiger partial charge in [0, 0.05) is 67.9 Å². The lowest BCUT2D eigenvalue weighted by Gasteiger charge is -2.42. The smallest absolute Gasteiger partial charge is 0.240 e. The second kappa shape index (κ2) is 15.7. The number of hydrogen-bond acceptors (Lipinski definition) is 5. The summed E-state index contributed by atoms with van der Waals surface area (Å²) in [7, 11) is 2.19. The molecule has 0 saturated carbocycles. The second-order valence-corrected chi connectivity index (χ2v) is 13.1. The van der Waals surface area contributed by atoms with Crippen LogP contribution < -0.4 is 5.32 Å². The summed E-state index contributed by atoms with van der Waals surface area (Å²) < 4.78 is 0. The van der Waals surface area contributed by atoms with Crippen molar-refractivity contribution in [3.63, 3.8) is 0 Å². The molecule has 236 valence electrons. The fourth-order valence-corrected chi connectivity index (χ4v) is 6.90. The van der Waals surface area contributed by atoms with Crippen LogP contribution in [0, 0.1) is 0 Å². The van der Waals surface area contributed by atoms with Gasteiger partial charge < -0.3 is 15.1 Å². The average molecular weight is 637 g/mol. The first-order valence-corrected chi connectivity index (χ1v) is 16.9. The zero-order chi connectivity index (χ0) is 31.1. The van der Waals surface area contributed by atoms with E-state index in [4.69, 9.17) is 23.2 Å². The number of rotatable bonds is 12.